The fourth-order valence-electron chi connectivity index (χ4n) is 3.52. The first-order valence-electron chi connectivity index (χ1n) is 7.52. The van der Waals surface area contributed by atoms with Crippen LogP contribution in [-0.4, -0.2) is 9.55 Å². The van der Waals surface area contributed by atoms with Crippen molar-refractivity contribution >= 4 is 34.9 Å². The van der Waals surface area contributed by atoms with Crippen LogP contribution in [0, 0.1) is 16.6 Å². The molecule has 108 valence electrons. The monoisotopic (exact) mass is 308 g/mol. The first-order chi connectivity index (χ1) is 9.65. The van der Waals surface area contributed by atoms with Crippen molar-refractivity contribution in [3.8, 4) is 0 Å². The van der Waals surface area contributed by atoms with Gasteiger partial charge in [-0.3, -0.25) is 0 Å². The molecule has 0 spiro atoms. The summed E-state index contributed by atoms with van der Waals surface area (Å²) in [7, 11) is 0. The summed E-state index contributed by atoms with van der Waals surface area (Å²) in [6, 6.07) is 5.94. The number of nitrogens with zero attached hydrogens (tertiary/aromatic N) is 1. The number of aryl methyl sites for hydroxylation is 1. The van der Waals surface area contributed by atoms with Gasteiger partial charge in [0.2, 0.25) is 0 Å². The quantitative estimate of drug-likeness (QED) is 0.735. The smallest absolute Gasteiger partial charge is 0.178 e. The van der Waals surface area contributed by atoms with Crippen molar-refractivity contribution in [1.82, 2.24) is 9.55 Å². The minimum Gasteiger partial charge on any atom is -0.331 e. The van der Waals surface area contributed by atoms with Crippen LogP contribution in [0.5, 0.6) is 0 Å². The Hall–Kier alpha value is -0.800. The van der Waals surface area contributed by atoms with Crippen LogP contribution < -0.4 is 0 Å². The predicted octanol–water partition coefficient (Wildman–Crippen LogP) is 5.57. The molecule has 1 saturated carbocycles. The second-order valence-electron chi connectivity index (χ2n) is 6.14. The SMILES string of the molecule is CC1CCCC(CCn2c(=S)[nH]c3cccc(Cl)c32)C1. The highest BCUT2D eigenvalue weighted by Gasteiger charge is 2.19. The van der Waals surface area contributed by atoms with Gasteiger partial charge in [-0.25, -0.2) is 0 Å². The lowest BCUT2D eigenvalue weighted by atomic mass is 9.81. The summed E-state index contributed by atoms with van der Waals surface area (Å²) in [6.45, 7) is 3.35. The standard InChI is InChI=1S/C16H21ClN2S/c1-11-4-2-5-12(10-11)8-9-19-15-13(17)6-3-7-14(15)18-16(19)20/h3,6-7,11-12H,2,4-5,8-10H2,1H3,(H,18,20). The Morgan fingerprint density at radius 2 is 2.25 bits per heavy atom. The van der Waals surface area contributed by atoms with Crippen molar-refractivity contribution in [2.45, 2.75) is 45.6 Å². The first kappa shape index (κ1) is 14.2. The van der Waals surface area contributed by atoms with Gasteiger partial charge in [-0.2, -0.15) is 0 Å². The zero-order valence-corrected chi connectivity index (χ0v) is 13.4. The van der Waals surface area contributed by atoms with Gasteiger partial charge < -0.3 is 9.55 Å². The lowest BCUT2D eigenvalue weighted by Gasteiger charge is -2.26. The number of hydrogen-bond acceptors (Lipinski definition) is 1. The fraction of sp³-hybridized carbons (Fsp3) is 0.562. The maximum absolute atomic E-state index is 6.33. The fourth-order valence-corrected chi connectivity index (χ4v) is 4.09. The molecule has 1 aliphatic rings. The maximum Gasteiger partial charge on any atom is 0.178 e. The molecular weight excluding hydrogens is 288 g/mol. The average molecular weight is 309 g/mol. The van der Waals surface area contributed by atoms with Gasteiger partial charge in [-0.05, 0) is 49.0 Å². The Morgan fingerprint density at radius 1 is 1.40 bits per heavy atom. The van der Waals surface area contributed by atoms with E-state index in [9.17, 15) is 0 Å². The summed E-state index contributed by atoms with van der Waals surface area (Å²) >= 11 is 11.8. The molecule has 20 heavy (non-hydrogen) atoms. The van der Waals surface area contributed by atoms with E-state index in [4.69, 9.17) is 23.8 Å². The normalized spacial score (nSPS) is 23.3. The molecule has 1 aromatic heterocycles. The lowest BCUT2D eigenvalue weighted by Crippen LogP contribution is -2.15. The zero-order valence-electron chi connectivity index (χ0n) is 11.9. The van der Waals surface area contributed by atoms with Crippen LogP contribution in [0.2, 0.25) is 5.02 Å². The number of imidazole rings is 1. The molecule has 2 nitrogen and oxygen atoms in total. The highest BCUT2D eigenvalue weighted by atomic mass is 35.5. The number of halogens is 1. The van der Waals surface area contributed by atoms with E-state index in [1.54, 1.807) is 0 Å². The van der Waals surface area contributed by atoms with Crippen molar-refractivity contribution in [3.05, 3.63) is 28.0 Å². The molecular formula is C16H21ClN2S. The van der Waals surface area contributed by atoms with Gasteiger partial charge in [0.1, 0.15) is 0 Å². The van der Waals surface area contributed by atoms with Crippen LogP contribution in [-0.2, 0) is 6.54 Å². The number of fused-ring (bicyclic) bond motifs is 1. The molecule has 1 aromatic carbocycles. The number of aromatic amines is 1. The highest BCUT2D eigenvalue weighted by molar-refractivity contribution is 7.71. The van der Waals surface area contributed by atoms with Crippen LogP contribution in [0.4, 0.5) is 0 Å². The molecule has 4 heteroatoms. The van der Waals surface area contributed by atoms with Crippen molar-refractivity contribution in [3.63, 3.8) is 0 Å². The van der Waals surface area contributed by atoms with Gasteiger partial charge >= 0.3 is 0 Å². The number of aromatic nitrogens is 2. The summed E-state index contributed by atoms with van der Waals surface area (Å²) in [6.07, 6.45) is 6.72. The van der Waals surface area contributed by atoms with E-state index in [1.165, 1.54) is 32.1 Å². The number of para-hydroxylation sites is 1. The van der Waals surface area contributed by atoms with Gasteiger partial charge in [-0.1, -0.05) is 43.9 Å². The number of H-pyrrole nitrogens is 1. The third kappa shape index (κ3) is 2.79. The Labute approximate surface area is 130 Å². The molecule has 1 fully saturated rings. The average Bonchev–Trinajstić information content (AvgIpc) is 2.74. The van der Waals surface area contributed by atoms with E-state index in [0.717, 1.165) is 39.2 Å². The maximum atomic E-state index is 6.33. The van der Waals surface area contributed by atoms with Crippen LogP contribution in [0.3, 0.4) is 0 Å². The molecule has 2 aromatic rings. The summed E-state index contributed by atoms with van der Waals surface area (Å²) in [5.74, 6) is 1.72. The largest absolute Gasteiger partial charge is 0.331 e. The molecule has 1 N–H and O–H groups in total. The van der Waals surface area contributed by atoms with Gasteiger partial charge in [0, 0.05) is 6.54 Å². The minimum absolute atomic E-state index is 0.784. The Kier molecular flexibility index (Phi) is 4.18. The van der Waals surface area contributed by atoms with E-state index in [1.807, 2.05) is 18.2 Å². The second-order valence-corrected chi connectivity index (χ2v) is 6.94. The molecule has 0 saturated heterocycles. The Balaban J connectivity index is 1.80. The molecule has 0 radical (unpaired) electrons. The molecule has 1 heterocycles. The third-order valence-electron chi connectivity index (χ3n) is 4.55. The van der Waals surface area contributed by atoms with Crippen molar-refractivity contribution < 1.29 is 0 Å². The van der Waals surface area contributed by atoms with Crippen molar-refractivity contribution in [2.24, 2.45) is 11.8 Å². The van der Waals surface area contributed by atoms with Crippen LogP contribution in [0.15, 0.2) is 18.2 Å². The van der Waals surface area contributed by atoms with Gasteiger partial charge in [0.15, 0.2) is 4.77 Å². The first-order valence-corrected chi connectivity index (χ1v) is 8.31. The summed E-state index contributed by atoms with van der Waals surface area (Å²) in [4.78, 5) is 3.26. The van der Waals surface area contributed by atoms with E-state index >= 15 is 0 Å². The molecule has 1 aliphatic carbocycles. The number of hydrogen-bond donors (Lipinski definition) is 1. The van der Waals surface area contributed by atoms with Crippen LogP contribution >= 0.6 is 23.8 Å². The molecule has 0 amide bonds. The molecule has 2 unspecified atom stereocenters. The highest BCUT2D eigenvalue weighted by Crippen LogP contribution is 2.32. The zero-order chi connectivity index (χ0) is 14.1. The molecule has 2 atom stereocenters. The molecule has 3 rings (SSSR count). The third-order valence-corrected chi connectivity index (χ3v) is 5.18. The number of rotatable bonds is 3. The summed E-state index contributed by atoms with van der Waals surface area (Å²) < 4.78 is 2.96. The van der Waals surface area contributed by atoms with Crippen molar-refractivity contribution in [1.29, 1.82) is 0 Å². The van der Waals surface area contributed by atoms with Crippen molar-refractivity contribution in [2.75, 3.05) is 0 Å². The number of benzene rings is 1. The van der Waals surface area contributed by atoms with E-state index < -0.39 is 0 Å². The molecule has 0 bridgehead atoms. The van der Waals surface area contributed by atoms with E-state index in [0.29, 0.717) is 0 Å². The molecule has 0 aliphatic heterocycles. The van der Waals surface area contributed by atoms with Gasteiger partial charge in [-0.15, -0.1) is 0 Å². The topological polar surface area (TPSA) is 20.7 Å². The predicted molar refractivity (Wildman–Crippen MR) is 87.9 cm³/mol. The number of nitrogens with one attached hydrogen (secondary N) is 1. The lowest BCUT2D eigenvalue weighted by molar-refractivity contribution is 0.261. The van der Waals surface area contributed by atoms with E-state index in [2.05, 4.69) is 16.5 Å². The Bertz CT molecular complexity index is 658. The summed E-state index contributed by atoms with van der Waals surface area (Å²) in [5, 5.41) is 0.784. The van der Waals surface area contributed by atoms with Crippen LogP contribution in [0.1, 0.15) is 39.0 Å². The minimum atomic E-state index is 0.784. The summed E-state index contributed by atoms with van der Waals surface area (Å²) in [5.41, 5.74) is 2.10. The van der Waals surface area contributed by atoms with Gasteiger partial charge in [0.25, 0.3) is 0 Å². The Morgan fingerprint density at radius 3 is 3.05 bits per heavy atom. The van der Waals surface area contributed by atoms with Gasteiger partial charge in [0.05, 0.1) is 16.1 Å². The van der Waals surface area contributed by atoms with E-state index in [-0.39, 0.29) is 0 Å². The van der Waals surface area contributed by atoms with Crippen LogP contribution in [0.25, 0.3) is 11.0 Å². The second kappa shape index (κ2) is 5.90.